The van der Waals surface area contributed by atoms with Crippen molar-refractivity contribution in [3.63, 3.8) is 0 Å². The fraction of sp³-hybridized carbons (Fsp3) is 0.400. The standard InChI is InChI=1S/C20H23N3OS/c24-20(10-12-25-15-20)13-18-14-23(22-21-18)11-4-8-17-7-3-6-16-5-1-2-9-19(16)17/h1-3,5-7,9,14,24H,4,8,10-13,15H2. The van der Waals surface area contributed by atoms with Crippen LogP contribution in [0.1, 0.15) is 24.1 Å². The molecule has 130 valence electrons. The molecule has 2 aromatic carbocycles. The number of hydrogen-bond donors (Lipinski definition) is 1. The number of aryl methyl sites for hydroxylation is 2. The number of aliphatic hydroxyl groups is 1. The lowest BCUT2D eigenvalue weighted by Crippen LogP contribution is -2.30. The van der Waals surface area contributed by atoms with Crippen molar-refractivity contribution < 1.29 is 5.11 Å². The summed E-state index contributed by atoms with van der Waals surface area (Å²) in [5.74, 6) is 1.84. The van der Waals surface area contributed by atoms with Crippen LogP contribution in [0, 0.1) is 0 Å². The Morgan fingerprint density at radius 1 is 1.16 bits per heavy atom. The second-order valence-electron chi connectivity index (χ2n) is 6.92. The van der Waals surface area contributed by atoms with E-state index in [0.29, 0.717) is 6.42 Å². The minimum absolute atomic E-state index is 0.589. The van der Waals surface area contributed by atoms with E-state index in [1.54, 1.807) is 0 Å². The molecule has 0 saturated carbocycles. The Balaban J connectivity index is 1.36. The molecule has 4 rings (SSSR count). The van der Waals surface area contributed by atoms with E-state index in [2.05, 4.69) is 52.8 Å². The first-order valence-corrected chi connectivity index (χ1v) is 10.0. The topological polar surface area (TPSA) is 50.9 Å². The van der Waals surface area contributed by atoms with Gasteiger partial charge in [-0.1, -0.05) is 47.7 Å². The molecule has 1 N–H and O–H groups in total. The molecule has 0 bridgehead atoms. The van der Waals surface area contributed by atoms with Crippen molar-refractivity contribution in [2.75, 3.05) is 11.5 Å². The van der Waals surface area contributed by atoms with E-state index in [0.717, 1.165) is 43.0 Å². The lowest BCUT2D eigenvalue weighted by Gasteiger charge is -2.18. The smallest absolute Gasteiger partial charge is 0.0856 e. The number of rotatable bonds is 6. The molecule has 0 aliphatic carbocycles. The van der Waals surface area contributed by atoms with E-state index in [1.807, 2.05) is 22.6 Å². The predicted octanol–water partition coefficient (Wildman–Crippen LogP) is 3.47. The van der Waals surface area contributed by atoms with Crippen LogP contribution in [0.15, 0.2) is 48.7 Å². The highest BCUT2D eigenvalue weighted by atomic mass is 32.2. The highest BCUT2D eigenvalue weighted by Gasteiger charge is 2.32. The van der Waals surface area contributed by atoms with Crippen LogP contribution in [0.3, 0.4) is 0 Å². The maximum absolute atomic E-state index is 10.5. The Kier molecular flexibility index (Phi) is 4.77. The molecular formula is C20H23N3OS. The Hall–Kier alpha value is -1.85. The van der Waals surface area contributed by atoms with Gasteiger partial charge in [0.2, 0.25) is 0 Å². The van der Waals surface area contributed by atoms with Gasteiger partial charge >= 0.3 is 0 Å². The number of nitrogens with zero attached hydrogens (tertiary/aromatic N) is 3. The molecule has 1 unspecified atom stereocenters. The molecule has 4 nitrogen and oxygen atoms in total. The van der Waals surface area contributed by atoms with Gasteiger partial charge in [-0.05, 0) is 41.4 Å². The van der Waals surface area contributed by atoms with Crippen LogP contribution in [0.25, 0.3) is 10.8 Å². The predicted molar refractivity (Wildman–Crippen MR) is 103 cm³/mol. The van der Waals surface area contributed by atoms with Crippen LogP contribution in [0.2, 0.25) is 0 Å². The van der Waals surface area contributed by atoms with E-state index in [4.69, 9.17) is 0 Å². The third kappa shape index (κ3) is 3.88. The Morgan fingerprint density at radius 3 is 2.92 bits per heavy atom. The summed E-state index contributed by atoms with van der Waals surface area (Å²) >= 11 is 1.81. The summed E-state index contributed by atoms with van der Waals surface area (Å²) in [5, 5.41) is 21.6. The Labute approximate surface area is 152 Å². The van der Waals surface area contributed by atoms with Gasteiger partial charge in [0.25, 0.3) is 0 Å². The average molecular weight is 353 g/mol. The van der Waals surface area contributed by atoms with Crippen molar-refractivity contribution in [2.45, 2.75) is 37.8 Å². The minimum Gasteiger partial charge on any atom is -0.389 e. The van der Waals surface area contributed by atoms with Gasteiger partial charge in [0, 0.05) is 24.9 Å². The van der Waals surface area contributed by atoms with E-state index in [9.17, 15) is 5.11 Å². The van der Waals surface area contributed by atoms with Gasteiger partial charge in [-0.15, -0.1) is 5.10 Å². The molecule has 3 aromatic rings. The summed E-state index contributed by atoms with van der Waals surface area (Å²) in [7, 11) is 0. The zero-order valence-electron chi connectivity index (χ0n) is 14.3. The van der Waals surface area contributed by atoms with Crippen molar-refractivity contribution in [2.24, 2.45) is 0 Å². The molecule has 0 spiro atoms. The van der Waals surface area contributed by atoms with Gasteiger partial charge < -0.3 is 5.11 Å². The molecule has 1 saturated heterocycles. The van der Waals surface area contributed by atoms with Crippen LogP contribution in [0.4, 0.5) is 0 Å². The monoisotopic (exact) mass is 353 g/mol. The molecule has 5 heteroatoms. The fourth-order valence-corrected chi connectivity index (χ4v) is 4.84. The summed E-state index contributed by atoms with van der Waals surface area (Å²) in [4.78, 5) is 0. The molecule has 0 radical (unpaired) electrons. The normalized spacial score (nSPS) is 20.4. The van der Waals surface area contributed by atoms with Gasteiger partial charge in [0.15, 0.2) is 0 Å². The number of aromatic nitrogens is 3. The highest BCUT2D eigenvalue weighted by Crippen LogP contribution is 2.30. The molecule has 1 aliphatic heterocycles. The van der Waals surface area contributed by atoms with E-state index >= 15 is 0 Å². The van der Waals surface area contributed by atoms with E-state index in [-0.39, 0.29) is 0 Å². The van der Waals surface area contributed by atoms with Crippen LogP contribution in [-0.4, -0.2) is 37.2 Å². The molecule has 0 amide bonds. The molecule has 1 fully saturated rings. The molecule has 25 heavy (non-hydrogen) atoms. The summed E-state index contributed by atoms with van der Waals surface area (Å²) in [6.45, 7) is 0.851. The van der Waals surface area contributed by atoms with Crippen molar-refractivity contribution in [3.8, 4) is 0 Å². The molecule has 2 heterocycles. The van der Waals surface area contributed by atoms with Crippen molar-refractivity contribution >= 4 is 22.5 Å². The zero-order chi connectivity index (χ0) is 17.1. The minimum atomic E-state index is -0.589. The Bertz CT molecular complexity index is 850. The highest BCUT2D eigenvalue weighted by molar-refractivity contribution is 7.99. The van der Waals surface area contributed by atoms with Gasteiger partial charge in [-0.3, -0.25) is 4.68 Å². The van der Waals surface area contributed by atoms with E-state index < -0.39 is 5.60 Å². The van der Waals surface area contributed by atoms with Gasteiger partial charge in [0.1, 0.15) is 0 Å². The maximum atomic E-state index is 10.5. The SMILES string of the molecule is OC1(Cc2cn(CCCc3cccc4ccccc34)nn2)CCSC1. The fourth-order valence-electron chi connectivity index (χ4n) is 3.54. The number of thioether (sulfide) groups is 1. The number of fused-ring (bicyclic) bond motifs is 1. The summed E-state index contributed by atoms with van der Waals surface area (Å²) < 4.78 is 1.91. The molecular weight excluding hydrogens is 330 g/mol. The third-order valence-electron chi connectivity index (χ3n) is 4.89. The molecule has 1 atom stereocenters. The van der Waals surface area contributed by atoms with Crippen molar-refractivity contribution in [1.82, 2.24) is 15.0 Å². The van der Waals surface area contributed by atoms with Gasteiger partial charge in [-0.25, -0.2) is 0 Å². The lowest BCUT2D eigenvalue weighted by molar-refractivity contribution is 0.0676. The van der Waals surface area contributed by atoms with Gasteiger partial charge in [0.05, 0.1) is 11.3 Å². The second kappa shape index (κ2) is 7.18. The lowest BCUT2D eigenvalue weighted by atomic mass is 9.98. The zero-order valence-corrected chi connectivity index (χ0v) is 15.1. The summed E-state index contributed by atoms with van der Waals surface area (Å²) in [5.41, 5.74) is 1.69. The number of benzene rings is 2. The van der Waals surface area contributed by atoms with Crippen LogP contribution in [-0.2, 0) is 19.4 Å². The van der Waals surface area contributed by atoms with E-state index in [1.165, 1.54) is 16.3 Å². The van der Waals surface area contributed by atoms with Crippen molar-refractivity contribution in [3.05, 3.63) is 59.9 Å². The average Bonchev–Trinajstić information content (AvgIpc) is 3.24. The quantitative estimate of drug-likeness (QED) is 0.737. The molecule has 1 aromatic heterocycles. The third-order valence-corrected chi connectivity index (χ3v) is 6.13. The summed E-state index contributed by atoms with van der Waals surface area (Å²) in [6.07, 6.45) is 5.51. The first-order valence-electron chi connectivity index (χ1n) is 8.88. The van der Waals surface area contributed by atoms with Crippen LogP contribution in [0.5, 0.6) is 0 Å². The Morgan fingerprint density at radius 2 is 2.04 bits per heavy atom. The van der Waals surface area contributed by atoms with Crippen LogP contribution < -0.4 is 0 Å². The first kappa shape index (κ1) is 16.6. The molecule has 1 aliphatic rings. The van der Waals surface area contributed by atoms with Crippen LogP contribution >= 0.6 is 11.8 Å². The maximum Gasteiger partial charge on any atom is 0.0856 e. The second-order valence-corrected chi connectivity index (χ2v) is 8.02. The first-order chi connectivity index (χ1) is 12.2. The number of hydrogen-bond acceptors (Lipinski definition) is 4. The van der Waals surface area contributed by atoms with Crippen molar-refractivity contribution in [1.29, 1.82) is 0 Å². The summed E-state index contributed by atoms with van der Waals surface area (Å²) in [6, 6.07) is 15.0. The van der Waals surface area contributed by atoms with Gasteiger partial charge in [-0.2, -0.15) is 11.8 Å². The largest absolute Gasteiger partial charge is 0.389 e.